The van der Waals surface area contributed by atoms with Crippen LogP contribution in [-0.4, -0.2) is 71.5 Å². The molecule has 0 radical (unpaired) electrons. The Bertz CT molecular complexity index is 1110. The Labute approximate surface area is 270 Å². The molecule has 0 saturated carbocycles. The minimum absolute atomic E-state index is 0. The molecule has 0 amide bonds. The molecule has 4 aromatic rings. The minimum Gasteiger partial charge on any atom is 0 e. The second-order valence-corrected chi connectivity index (χ2v) is 9.53. The Kier molecular flexibility index (Phi) is 25.6. The molecule has 0 unspecified atom stereocenters. The van der Waals surface area contributed by atoms with Crippen molar-refractivity contribution in [3.8, 4) is 0 Å². The molecule has 0 bridgehead atoms. The molecule has 0 atom stereocenters. The zero-order valence-corrected chi connectivity index (χ0v) is 26.5. The summed E-state index contributed by atoms with van der Waals surface area (Å²) >= 11 is 0. The van der Waals surface area contributed by atoms with Crippen molar-refractivity contribution in [2.45, 2.75) is 51.6 Å². The maximum atomic E-state index is 7.50. The zero-order chi connectivity index (χ0) is 31.5. The molecule has 12 heteroatoms. The molecule has 3 fully saturated rings. The van der Waals surface area contributed by atoms with Crippen molar-refractivity contribution in [3.63, 3.8) is 0 Å². The van der Waals surface area contributed by atoms with Crippen LogP contribution in [0, 0.1) is 20.0 Å². The largest absolute Gasteiger partial charge is 0 e. The molecule has 3 aliphatic rings. The summed E-state index contributed by atoms with van der Waals surface area (Å²) in [5.74, 6) is 1.94. The van der Waals surface area contributed by atoms with E-state index in [1.54, 1.807) is 0 Å². The summed E-state index contributed by atoms with van der Waals surface area (Å²) in [5.41, 5.74) is 4.17. The summed E-state index contributed by atoms with van der Waals surface area (Å²) in [6, 6.07) is 16.2. The predicted octanol–water partition coefficient (Wildman–Crippen LogP) is 5.35. The van der Waals surface area contributed by atoms with Crippen molar-refractivity contribution < 1.29 is 45.5 Å². The van der Waals surface area contributed by atoms with Gasteiger partial charge in [-0.3, -0.25) is 4.90 Å². The number of ether oxygens (including phenoxy) is 3. The Morgan fingerprint density at radius 2 is 0.886 bits per heavy atom. The average molecular weight is 644 g/mol. The number of hydrogen-bond donors (Lipinski definition) is 2. The van der Waals surface area contributed by atoms with Crippen LogP contribution in [0.1, 0.15) is 50.2 Å². The number of para-hydroxylation sites is 4. The van der Waals surface area contributed by atoms with Crippen LogP contribution < -0.4 is 0 Å². The van der Waals surface area contributed by atoms with Crippen molar-refractivity contribution in [2.24, 2.45) is 0 Å². The van der Waals surface area contributed by atoms with Crippen LogP contribution in [0.15, 0.2) is 48.5 Å². The molecular weight excluding hydrogens is 602 g/mol. The van der Waals surface area contributed by atoms with Crippen LogP contribution >= 0.6 is 0 Å². The van der Waals surface area contributed by atoms with Crippen molar-refractivity contribution in [1.82, 2.24) is 24.8 Å². The quantitative estimate of drug-likeness (QED) is 0.226. The molecule has 236 valence electrons. The van der Waals surface area contributed by atoms with Gasteiger partial charge in [0.2, 0.25) is 0 Å². The number of nitrogens with one attached hydrogen (secondary N) is 2. The van der Waals surface area contributed by atoms with E-state index >= 15 is 0 Å². The molecule has 0 spiro atoms. The predicted molar refractivity (Wildman–Crippen MR) is 159 cm³/mol. The number of imidazole rings is 2. The van der Waals surface area contributed by atoms with E-state index in [9.17, 15) is 0 Å². The van der Waals surface area contributed by atoms with Gasteiger partial charge in [-0.25, -0.2) is 9.97 Å². The second kappa shape index (κ2) is 27.5. The van der Waals surface area contributed by atoms with Gasteiger partial charge >= 0.3 is 33.9 Å². The van der Waals surface area contributed by atoms with E-state index in [0.717, 1.165) is 86.4 Å². The summed E-state index contributed by atoms with van der Waals surface area (Å²) in [6.45, 7) is 21.0. The van der Waals surface area contributed by atoms with Gasteiger partial charge in [0, 0.05) is 57.0 Å². The molecular formula is C32H41CrN5O6. The maximum absolute atomic E-state index is 7.50. The van der Waals surface area contributed by atoms with Gasteiger partial charge in [-0.1, -0.05) is 24.3 Å². The first kappa shape index (κ1) is 41.0. The van der Waals surface area contributed by atoms with Gasteiger partial charge < -0.3 is 24.2 Å². The van der Waals surface area contributed by atoms with Crippen molar-refractivity contribution >= 4 is 22.1 Å². The van der Waals surface area contributed by atoms with Crippen LogP contribution in [0.4, 0.5) is 0 Å². The van der Waals surface area contributed by atoms with E-state index in [1.165, 1.54) is 38.5 Å². The third kappa shape index (κ3) is 16.7. The average Bonchev–Trinajstić information content (AvgIpc) is 3.92. The summed E-state index contributed by atoms with van der Waals surface area (Å²) in [6.07, 6.45) is 7.67. The number of nitrogens with zero attached hydrogens (tertiary/aromatic N) is 3. The summed E-state index contributed by atoms with van der Waals surface area (Å²) < 4.78 is 37.3. The molecule has 2 aromatic heterocycles. The van der Waals surface area contributed by atoms with E-state index in [-0.39, 0.29) is 17.4 Å². The van der Waals surface area contributed by atoms with Crippen LogP contribution in [0.25, 0.3) is 22.1 Å². The molecule has 2 N–H and O–H groups in total. The first-order valence-corrected chi connectivity index (χ1v) is 14.2. The molecule has 44 heavy (non-hydrogen) atoms. The fourth-order valence-electron chi connectivity index (χ4n) is 4.26. The van der Waals surface area contributed by atoms with Crippen LogP contribution in [0.3, 0.4) is 0 Å². The topological polar surface area (TPSA) is 148 Å². The molecule has 2 aromatic carbocycles. The Hall–Kier alpha value is -3.03. The second-order valence-electron chi connectivity index (χ2n) is 9.53. The third-order valence-corrected chi connectivity index (χ3v) is 6.20. The van der Waals surface area contributed by atoms with Gasteiger partial charge in [-0.15, -0.1) is 0 Å². The van der Waals surface area contributed by atoms with Crippen molar-refractivity contribution in [1.29, 1.82) is 0 Å². The molecule has 5 heterocycles. The SMILES string of the molecule is C1CCOC1.C1CCOC1.C1CCOC1.CN(Cc1nc2ccccc2[nH]1)Cc1nc2ccccc2[nH]1.[C-]#[O+].[C-]#[O+].[C-]#[O+].[Cr]. The van der Waals surface area contributed by atoms with E-state index < -0.39 is 0 Å². The normalized spacial score (nSPS) is 14.2. The van der Waals surface area contributed by atoms with Crippen LogP contribution in [0.2, 0.25) is 0 Å². The number of rotatable bonds is 4. The van der Waals surface area contributed by atoms with Gasteiger partial charge in [0.05, 0.1) is 35.2 Å². The van der Waals surface area contributed by atoms with Crippen molar-refractivity contribution in [2.75, 3.05) is 46.7 Å². The number of hydrogen-bond acceptors (Lipinski definition) is 6. The first-order valence-electron chi connectivity index (χ1n) is 14.2. The van der Waals surface area contributed by atoms with Crippen LogP contribution in [0.5, 0.6) is 0 Å². The standard InChI is InChI=1S/C17H17N5.3C4H8O.3CO.Cr/c1-22(10-16-18-12-6-2-3-7-13(12)19-16)11-17-20-14-8-4-5-9-15(14)21-17;3*1-2-4-5-3-1;3*1-2;/h2-9H,10-11H2,1H3,(H,18,19)(H,20,21);3*1-4H2;;;;. The molecule has 3 aliphatic heterocycles. The summed E-state index contributed by atoms with van der Waals surface area (Å²) in [4.78, 5) is 18.1. The van der Waals surface area contributed by atoms with E-state index in [4.69, 9.17) is 28.2 Å². The fourth-order valence-corrected chi connectivity index (χ4v) is 4.26. The number of fused-ring (bicyclic) bond motifs is 2. The zero-order valence-electron chi connectivity index (χ0n) is 25.2. The van der Waals surface area contributed by atoms with Gasteiger partial charge in [-0.2, -0.15) is 0 Å². The molecule has 0 aliphatic carbocycles. The fraction of sp³-hybridized carbons (Fsp3) is 0.469. The third-order valence-electron chi connectivity index (χ3n) is 6.20. The Morgan fingerprint density at radius 1 is 0.591 bits per heavy atom. The number of H-pyrrole nitrogens is 2. The van der Waals surface area contributed by atoms with Crippen LogP contribution in [-0.2, 0) is 58.6 Å². The first-order chi connectivity index (χ1) is 21.3. The van der Waals surface area contributed by atoms with E-state index in [2.05, 4.69) is 51.8 Å². The maximum Gasteiger partial charge on any atom is 0 e. The van der Waals surface area contributed by atoms with E-state index in [1.807, 2.05) is 48.5 Å². The number of aromatic nitrogens is 4. The Morgan fingerprint density at radius 3 is 1.14 bits per heavy atom. The Balaban J connectivity index is 0.000000685. The summed E-state index contributed by atoms with van der Waals surface area (Å²) in [7, 11) is 2.07. The minimum atomic E-state index is 0. The molecule has 7 rings (SSSR count). The number of aromatic amines is 2. The molecule has 11 nitrogen and oxygen atoms in total. The number of benzene rings is 2. The van der Waals surface area contributed by atoms with Gasteiger partial charge in [0.25, 0.3) is 0 Å². The van der Waals surface area contributed by atoms with E-state index in [0.29, 0.717) is 0 Å². The molecule has 3 saturated heterocycles. The smallest absolute Gasteiger partial charge is 0 e. The van der Waals surface area contributed by atoms with Gasteiger partial charge in [0.1, 0.15) is 11.6 Å². The monoisotopic (exact) mass is 643 g/mol. The summed E-state index contributed by atoms with van der Waals surface area (Å²) in [5, 5.41) is 0. The van der Waals surface area contributed by atoms with Gasteiger partial charge in [0.15, 0.2) is 0 Å². The van der Waals surface area contributed by atoms with Crippen molar-refractivity contribution in [3.05, 3.63) is 80.1 Å². The van der Waals surface area contributed by atoms with Gasteiger partial charge in [-0.05, 0) is 69.8 Å².